The molecule has 0 saturated carbocycles. The summed E-state index contributed by atoms with van der Waals surface area (Å²) in [6, 6.07) is 5.37. The van der Waals surface area contributed by atoms with Crippen molar-refractivity contribution in [2.75, 3.05) is 13.7 Å². The van der Waals surface area contributed by atoms with E-state index in [0.29, 0.717) is 27.9 Å². The number of carbonyl (C=O) groups is 1. The molecule has 0 spiro atoms. The van der Waals surface area contributed by atoms with E-state index in [-0.39, 0.29) is 5.91 Å². The standard InChI is InChI=1S/C18H17ClN6O2/c1-18(7-4-8-27-18)13-9-25(22-21-13)15-16-23(2)17(26)14-11(19)5-3-6-12(14)24(16)10-20-15/h3,5-6,9-10H,4,7-8H2,1-2H3/q+1. The first-order valence-electron chi connectivity index (χ1n) is 8.71. The normalized spacial score (nSPS) is 24.7. The molecule has 0 bridgehead atoms. The lowest BCUT2D eigenvalue weighted by Gasteiger charge is -2.24. The molecule has 0 N–H and O–H groups in total. The zero-order chi connectivity index (χ0) is 18.8. The zero-order valence-corrected chi connectivity index (χ0v) is 15.6. The second kappa shape index (κ2) is 5.72. The van der Waals surface area contributed by atoms with E-state index in [0.717, 1.165) is 25.1 Å². The third-order valence-electron chi connectivity index (χ3n) is 5.28. The number of hydrogen-bond acceptors (Lipinski definition) is 6. The van der Waals surface area contributed by atoms with Gasteiger partial charge in [-0.25, -0.2) is 0 Å². The third kappa shape index (κ3) is 2.30. The maximum absolute atomic E-state index is 12.9. The van der Waals surface area contributed by atoms with Crippen LogP contribution in [0.5, 0.6) is 0 Å². The molecule has 4 heterocycles. The molecule has 2 aromatic rings. The molecule has 1 fully saturated rings. The number of rotatable bonds is 2. The highest BCUT2D eigenvalue weighted by molar-refractivity contribution is 6.35. The molecule has 1 unspecified atom stereocenters. The van der Waals surface area contributed by atoms with Gasteiger partial charge < -0.3 is 4.74 Å². The minimum atomic E-state index is -0.431. The predicted molar refractivity (Wildman–Crippen MR) is 99.6 cm³/mol. The number of benzene rings is 1. The first kappa shape index (κ1) is 16.6. The largest absolute Gasteiger partial charge is 0.369 e. The van der Waals surface area contributed by atoms with Gasteiger partial charge in [0, 0.05) is 19.7 Å². The van der Waals surface area contributed by atoms with Crippen molar-refractivity contribution < 1.29 is 9.53 Å². The van der Waals surface area contributed by atoms with Gasteiger partial charge in [0.15, 0.2) is 0 Å². The van der Waals surface area contributed by atoms with Gasteiger partial charge in [0.1, 0.15) is 16.9 Å². The van der Waals surface area contributed by atoms with E-state index in [1.54, 1.807) is 24.1 Å². The number of nitrogens with zero attached hydrogens (tertiary/aromatic N) is 6. The van der Waals surface area contributed by atoms with Crippen LogP contribution < -0.4 is 4.90 Å². The van der Waals surface area contributed by atoms with Crippen LogP contribution in [0.3, 0.4) is 0 Å². The molecule has 1 radical (unpaired) electrons. The molecule has 27 heavy (non-hydrogen) atoms. The summed E-state index contributed by atoms with van der Waals surface area (Å²) in [6.45, 7) is 2.74. The first-order chi connectivity index (χ1) is 13.0. The quantitative estimate of drug-likeness (QED) is 0.745. The molecular formula is C18H17ClN6O2+. The Morgan fingerprint density at radius 3 is 3.00 bits per heavy atom. The second-order valence-electron chi connectivity index (χ2n) is 6.99. The van der Waals surface area contributed by atoms with Crippen LogP contribution in [0.25, 0.3) is 5.82 Å². The average molecular weight is 385 g/mol. The number of amides is 1. The fourth-order valence-corrected chi connectivity index (χ4v) is 4.01. The van der Waals surface area contributed by atoms with Crippen molar-refractivity contribution in [3.05, 3.63) is 46.5 Å². The van der Waals surface area contributed by atoms with E-state index in [2.05, 4.69) is 15.3 Å². The molecule has 3 aliphatic rings. The number of hydrogen-bond donors (Lipinski definition) is 0. The molecule has 9 heteroatoms. The van der Waals surface area contributed by atoms with Crippen molar-refractivity contribution in [1.82, 2.24) is 24.8 Å². The number of aromatic nitrogens is 3. The Kier molecular flexibility index (Phi) is 3.52. The summed E-state index contributed by atoms with van der Waals surface area (Å²) >= 11 is 6.26. The molecule has 8 nitrogen and oxygen atoms in total. The van der Waals surface area contributed by atoms with Gasteiger partial charge in [0.2, 0.25) is 11.5 Å². The van der Waals surface area contributed by atoms with E-state index in [9.17, 15) is 4.79 Å². The summed E-state index contributed by atoms with van der Waals surface area (Å²) in [5, 5.41) is 8.94. The van der Waals surface area contributed by atoms with Crippen LogP contribution in [-0.2, 0) is 10.3 Å². The highest BCUT2D eigenvalue weighted by atomic mass is 35.5. The zero-order valence-electron chi connectivity index (χ0n) is 14.9. The summed E-state index contributed by atoms with van der Waals surface area (Å²) < 4.78 is 7.44. The Morgan fingerprint density at radius 2 is 2.22 bits per heavy atom. The van der Waals surface area contributed by atoms with Gasteiger partial charge in [-0.2, -0.15) is 9.67 Å². The monoisotopic (exact) mass is 384 g/mol. The maximum Gasteiger partial charge on any atom is 0.318 e. The molecule has 1 aromatic carbocycles. The van der Waals surface area contributed by atoms with Crippen LogP contribution >= 0.6 is 11.6 Å². The number of anilines is 1. The number of ether oxygens (including phenoxy) is 1. The Morgan fingerprint density at radius 1 is 1.37 bits per heavy atom. The van der Waals surface area contributed by atoms with Gasteiger partial charge >= 0.3 is 5.82 Å². The molecule has 1 aromatic heterocycles. The number of halogens is 1. The highest BCUT2D eigenvalue weighted by Crippen LogP contribution is 2.40. The minimum absolute atomic E-state index is 0.184. The number of aliphatic imine (C=N–C) groups is 1. The molecular weight excluding hydrogens is 368 g/mol. The maximum atomic E-state index is 12.9. The molecule has 1 saturated heterocycles. The van der Waals surface area contributed by atoms with Crippen LogP contribution in [0, 0.1) is 0 Å². The Hall–Kier alpha value is -2.55. The highest BCUT2D eigenvalue weighted by Gasteiger charge is 2.48. The van der Waals surface area contributed by atoms with Crippen LogP contribution in [0.2, 0.25) is 5.02 Å². The topological polar surface area (TPSA) is 78.5 Å². The van der Waals surface area contributed by atoms with Crippen molar-refractivity contribution in [1.29, 1.82) is 0 Å². The first-order valence-corrected chi connectivity index (χ1v) is 9.09. The van der Waals surface area contributed by atoms with Crippen LogP contribution in [0.1, 0.15) is 35.8 Å². The van der Waals surface area contributed by atoms with Gasteiger partial charge in [-0.15, -0.1) is 5.10 Å². The van der Waals surface area contributed by atoms with Gasteiger partial charge in [-0.1, -0.05) is 22.9 Å². The lowest BCUT2D eigenvalue weighted by Crippen LogP contribution is -2.41. The summed E-state index contributed by atoms with van der Waals surface area (Å²) in [5.41, 5.74) is 1.49. The lowest BCUT2D eigenvalue weighted by atomic mass is 10.00. The van der Waals surface area contributed by atoms with Gasteiger partial charge in [0.25, 0.3) is 12.2 Å². The van der Waals surface area contributed by atoms with Crippen molar-refractivity contribution in [2.24, 2.45) is 4.99 Å². The summed E-state index contributed by atoms with van der Waals surface area (Å²) in [6.07, 6.45) is 5.38. The molecule has 137 valence electrons. The fourth-order valence-electron chi connectivity index (χ4n) is 3.76. The summed E-state index contributed by atoms with van der Waals surface area (Å²) in [5.74, 6) is 0.955. The van der Waals surface area contributed by atoms with Crippen LogP contribution in [-0.4, -0.2) is 45.8 Å². The number of fused-ring (bicyclic) bond motifs is 3. The van der Waals surface area contributed by atoms with E-state index in [1.807, 2.05) is 30.2 Å². The summed E-state index contributed by atoms with van der Waals surface area (Å²) in [7, 11) is 1.70. The fraction of sp³-hybridized carbons (Fsp3) is 0.333. The molecule has 5 rings (SSSR count). The van der Waals surface area contributed by atoms with E-state index in [4.69, 9.17) is 16.3 Å². The van der Waals surface area contributed by atoms with E-state index < -0.39 is 5.60 Å². The van der Waals surface area contributed by atoms with Gasteiger partial charge in [-0.05, 0) is 30.7 Å². The predicted octanol–water partition coefficient (Wildman–Crippen LogP) is 2.64. The van der Waals surface area contributed by atoms with Crippen molar-refractivity contribution in [2.45, 2.75) is 25.4 Å². The van der Waals surface area contributed by atoms with Crippen molar-refractivity contribution in [3.8, 4) is 0 Å². The second-order valence-corrected chi connectivity index (χ2v) is 7.40. The number of carbonyl (C=O) groups excluding carboxylic acids is 1. The average Bonchev–Trinajstić information content (AvgIpc) is 3.38. The molecule has 0 aliphatic carbocycles. The minimum Gasteiger partial charge on any atom is -0.369 e. The van der Waals surface area contributed by atoms with E-state index in [1.165, 1.54) is 4.90 Å². The van der Waals surface area contributed by atoms with Crippen molar-refractivity contribution in [3.63, 3.8) is 0 Å². The molecule has 1 atom stereocenters. The summed E-state index contributed by atoms with van der Waals surface area (Å²) in [4.78, 5) is 20.7. The Labute approximate surface area is 160 Å². The van der Waals surface area contributed by atoms with Crippen LogP contribution in [0.4, 0.5) is 5.69 Å². The van der Waals surface area contributed by atoms with Gasteiger partial charge in [0.05, 0.1) is 11.2 Å². The van der Waals surface area contributed by atoms with Gasteiger partial charge in [-0.3, -0.25) is 9.69 Å². The Balaban J connectivity index is 1.61. The smallest absolute Gasteiger partial charge is 0.318 e. The molecule has 1 amide bonds. The Bertz CT molecular complexity index is 1020. The van der Waals surface area contributed by atoms with Crippen LogP contribution in [0.15, 0.2) is 35.2 Å². The molecule has 3 aliphatic heterocycles. The van der Waals surface area contributed by atoms with E-state index >= 15 is 0 Å². The SMILES string of the molecule is CN1C(=O)c2c(Cl)cccc2[N+]2C=NC(n3cc(C4(C)CCCO4)nn3)=C12. The third-order valence-corrected chi connectivity index (χ3v) is 5.60. The van der Waals surface area contributed by atoms with Crippen molar-refractivity contribution >= 4 is 35.4 Å². The lowest BCUT2D eigenvalue weighted by molar-refractivity contribution is 0.0131.